The van der Waals surface area contributed by atoms with Gasteiger partial charge in [0.1, 0.15) is 5.75 Å². The average molecular weight is 181 g/mol. The van der Waals surface area contributed by atoms with Gasteiger partial charge in [-0.1, -0.05) is 18.2 Å². The Kier molecular flexibility index (Phi) is 3.14. The van der Waals surface area contributed by atoms with E-state index in [9.17, 15) is 9.90 Å². The molecule has 0 aliphatic heterocycles. The number of aromatic hydroxyl groups is 1. The van der Waals surface area contributed by atoms with E-state index in [1.807, 2.05) is 0 Å². The molecule has 1 aromatic carbocycles. The molecule has 0 atom stereocenters. The van der Waals surface area contributed by atoms with Crippen molar-refractivity contribution in [3.8, 4) is 5.75 Å². The van der Waals surface area contributed by atoms with Gasteiger partial charge in [0, 0.05) is 6.54 Å². The molecule has 3 N–H and O–H groups in total. The standard InChI is InChI=1S/C9H11NO3/c11-8-4-2-1-3-7(8)5-6-10-9(12)13/h1-4,10-11H,5-6H2,(H,12,13). The molecule has 13 heavy (non-hydrogen) atoms. The molecule has 0 saturated heterocycles. The van der Waals surface area contributed by atoms with Gasteiger partial charge in [-0.05, 0) is 18.1 Å². The van der Waals surface area contributed by atoms with Gasteiger partial charge in [0.2, 0.25) is 0 Å². The second-order valence-electron chi connectivity index (χ2n) is 2.61. The van der Waals surface area contributed by atoms with E-state index in [0.29, 0.717) is 13.0 Å². The molecule has 0 aromatic heterocycles. The van der Waals surface area contributed by atoms with Crippen LogP contribution in [0.1, 0.15) is 5.56 Å². The minimum absolute atomic E-state index is 0.203. The smallest absolute Gasteiger partial charge is 0.404 e. The minimum Gasteiger partial charge on any atom is -0.508 e. The maximum absolute atomic E-state index is 10.1. The van der Waals surface area contributed by atoms with E-state index in [1.165, 1.54) is 0 Å². The molecule has 0 heterocycles. The third-order valence-electron chi connectivity index (χ3n) is 1.66. The number of para-hydroxylation sites is 1. The molecule has 1 amide bonds. The lowest BCUT2D eigenvalue weighted by atomic mass is 10.1. The lowest BCUT2D eigenvalue weighted by Gasteiger charge is -2.03. The van der Waals surface area contributed by atoms with Crippen LogP contribution in [-0.4, -0.2) is 22.9 Å². The zero-order valence-electron chi connectivity index (χ0n) is 7.03. The predicted molar refractivity (Wildman–Crippen MR) is 47.8 cm³/mol. The van der Waals surface area contributed by atoms with Gasteiger partial charge in [-0.2, -0.15) is 0 Å². The number of nitrogens with one attached hydrogen (secondary N) is 1. The van der Waals surface area contributed by atoms with Crippen molar-refractivity contribution >= 4 is 6.09 Å². The molecule has 0 spiro atoms. The highest BCUT2D eigenvalue weighted by atomic mass is 16.4. The fourth-order valence-corrected chi connectivity index (χ4v) is 1.03. The van der Waals surface area contributed by atoms with Gasteiger partial charge >= 0.3 is 6.09 Å². The van der Waals surface area contributed by atoms with Crippen LogP contribution in [0.25, 0.3) is 0 Å². The third-order valence-corrected chi connectivity index (χ3v) is 1.66. The number of carboxylic acid groups (broad SMARTS) is 1. The van der Waals surface area contributed by atoms with Crippen LogP contribution in [0.5, 0.6) is 5.75 Å². The van der Waals surface area contributed by atoms with Crippen LogP contribution in [0.15, 0.2) is 24.3 Å². The molecule has 0 aliphatic carbocycles. The monoisotopic (exact) mass is 181 g/mol. The van der Waals surface area contributed by atoms with Gasteiger partial charge in [-0.15, -0.1) is 0 Å². The number of carbonyl (C=O) groups is 1. The van der Waals surface area contributed by atoms with E-state index in [4.69, 9.17) is 5.11 Å². The summed E-state index contributed by atoms with van der Waals surface area (Å²) in [4.78, 5) is 10.1. The quantitative estimate of drug-likeness (QED) is 0.656. The van der Waals surface area contributed by atoms with Crippen molar-refractivity contribution in [3.63, 3.8) is 0 Å². The second-order valence-corrected chi connectivity index (χ2v) is 2.61. The van der Waals surface area contributed by atoms with Gasteiger partial charge in [0.05, 0.1) is 0 Å². The summed E-state index contributed by atoms with van der Waals surface area (Å²) in [5, 5.41) is 19.8. The molecule has 0 saturated carbocycles. The number of rotatable bonds is 3. The Bertz CT molecular complexity index is 299. The molecule has 70 valence electrons. The second kappa shape index (κ2) is 4.35. The molecule has 4 nitrogen and oxygen atoms in total. The summed E-state index contributed by atoms with van der Waals surface area (Å²) in [5.74, 6) is 0.203. The highest BCUT2D eigenvalue weighted by molar-refractivity contribution is 5.64. The Morgan fingerprint density at radius 2 is 2.08 bits per heavy atom. The lowest BCUT2D eigenvalue weighted by Crippen LogP contribution is -2.23. The first-order valence-corrected chi connectivity index (χ1v) is 3.94. The Morgan fingerprint density at radius 1 is 1.38 bits per heavy atom. The first kappa shape index (κ1) is 9.38. The number of hydrogen-bond donors (Lipinski definition) is 3. The Labute approximate surface area is 75.8 Å². The summed E-state index contributed by atoms with van der Waals surface area (Å²) in [6.45, 7) is 0.312. The van der Waals surface area contributed by atoms with E-state index < -0.39 is 6.09 Å². The number of benzene rings is 1. The summed E-state index contributed by atoms with van der Waals surface area (Å²) < 4.78 is 0. The molecule has 1 rings (SSSR count). The maximum Gasteiger partial charge on any atom is 0.404 e. The van der Waals surface area contributed by atoms with Crippen LogP contribution in [0.2, 0.25) is 0 Å². The van der Waals surface area contributed by atoms with Crippen molar-refractivity contribution < 1.29 is 15.0 Å². The highest BCUT2D eigenvalue weighted by Gasteiger charge is 1.99. The molecule has 4 heteroatoms. The Balaban J connectivity index is 2.45. The summed E-state index contributed by atoms with van der Waals surface area (Å²) >= 11 is 0. The van der Waals surface area contributed by atoms with Gasteiger partial charge in [-0.3, -0.25) is 0 Å². The zero-order chi connectivity index (χ0) is 9.68. The van der Waals surface area contributed by atoms with Gasteiger partial charge in [0.25, 0.3) is 0 Å². The largest absolute Gasteiger partial charge is 0.508 e. The number of hydrogen-bond acceptors (Lipinski definition) is 2. The van der Waals surface area contributed by atoms with Crippen molar-refractivity contribution in [1.82, 2.24) is 5.32 Å². The van der Waals surface area contributed by atoms with Crippen molar-refractivity contribution in [2.75, 3.05) is 6.54 Å². The normalized spacial score (nSPS) is 9.54. The van der Waals surface area contributed by atoms with Gasteiger partial charge in [0.15, 0.2) is 0 Å². The Morgan fingerprint density at radius 3 is 2.69 bits per heavy atom. The first-order chi connectivity index (χ1) is 6.20. The zero-order valence-corrected chi connectivity index (χ0v) is 7.03. The predicted octanol–water partition coefficient (Wildman–Crippen LogP) is 1.20. The highest BCUT2D eigenvalue weighted by Crippen LogP contribution is 2.15. The van der Waals surface area contributed by atoms with Crippen molar-refractivity contribution in [3.05, 3.63) is 29.8 Å². The lowest BCUT2D eigenvalue weighted by molar-refractivity contribution is 0.194. The third kappa shape index (κ3) is 3.02. The SMILES string of the molecule is O=C(O)NCCc1ccccc1O. The number of phenolic OH excluding ortho intramolecular Hbond substituents is 1. The van der Waals surface area contributed by atoms with E-state index in [1.54, 1.807) is 24.3 Å². The molecule has 0 aliphatic rings. The molecule has 1 aromatic rings. The minimum atomic E-state index is -1.05. The summed E-state index contributed by atoms with van der Waals surface area (Å²) in [5.41, 5.74) is 0.747. The molecule has 0 radical (unpaired) electrons. The number of phenols is 1. The van der Waals surface area contributed by atoms with Gasteiger partial charge in [-0.25, -0.2) is 4.79 Å². The fourth-order valence-electron chi connectivity index (χ4n) is 1.03. The van der Waals surface area contributed by atoms with Crippen LogP contribution in [0.4, 0.5) is 4.79 Å². The molecule has 0 bridgehead atoms. The van der Waals surface area contributed by atoms with E-state index >= 15 is 0 Å². The molecule has 0 unspecified atom stereocenters. The van der Waals surface area contributed by atoms with E-state index in [2.05, 4.69) is 5.32 Å². The van der Waals surface area contributed by atoms with Crippen LogP contribution in [-0.2, 0) is 6.42 Å². The van der Waals surface area contributed by atoms with Gasteiger partial charge < -0.3 is 15.5 Å². The van der Waals surface area contributed by atoms with Crippen molar-refractivity contribution in [2.45, 2.75) is 6.42 Å². The fraction of sp³-hybridized carbons (Fsp3) is 0.222. The average Bonchev–Trinajstić information content (AvgIpc) is 2.08. The Hall–Kier alpha value is -1.71. The summed E-state index contributed by atoms with van der Waals surface area (Å²) in [6, 6.07) is 6.87. The van der Waals surface area contributed by atoms with Crippen LogP contribution < -0.4 is 5.32 Å². The summed E-state index contributed by atoms with van der Waals surface area (Å²) in [6.07, 6.45) is -0.547. The van der Waals surface area contributed by atoms with Crippen LogP contribution >= 0.6 is 0 Å². The van der Waals surface area contributed by atoms with E-state index in [-0.39, 0.29) is 5.75 Å². The van der Waals surface area contributed by atoms with Crippen molar-refractivity contribution in [2.24, 2.45) is 0 Å². The molecular weight excluding hydrogens is 170 g/mol. The molecule has 0 fully saturated rings. The maximum atomic E-state index is 10.1. The number of amides is 1. The van der Waals surface area contributed by atoms with Crippen molar-refractivity contribution in [1.29, 1.82) is 0 Å². The first-order valence-electron chi connectivity index (χ1n) is 3.94. The topological polar surface area (TPSA) is 69.6 Å². The summed E-state index contributed by atoms with van der Waals surface area (Å²) in [7, 11) is 0. The molecular formula is C9H11NO3. The van der Waals surface area contributed by atoms with Crippen LogP contribution in [0.3, 0.4) is 0 Å². The van der Waals surface area contributed by atoms with Crippen LogP contribution in [0, 0.1) is 0 Å². The van der Waals surface area contributed by atoms with E-state index in [0.717, 1.165) is 5.56 Å².